The molecule has 0 heterocycles. The fourth-order valence-corrected chi connectivity index (χ4v) is 2.28. The molecule has 0 radical (unpaired) electrons. The molecule has 0 saturated carbocycles. The fraction of sp³-hybridized carbons (Fsp3) is 0.263. The summed E-state index contributed by atoms with van der Waals surface area (Å²) in [6.07, 6.45) is 0. The van der Waals surface area contributed by atoms with Crippen LogP contribution in [-0.2, 0) is 4.79 Å². The first-order chi connectivity index (χ1) is 12.9. The summed E-state index contributed by atoms with van der Waals surface area (Å²) in [5.74, 6) is -0.104. The molecular formula is C19H21N3O5. The highest BCUT2D eigenvalue weighted by atomic mass is 16.6. The molecule has 2 rings (SSSR count). The van der Waals surface area contributed by atoms with Crippen LogP contribution in [0, 0.1) is 17.0 Å². The van der Waals surface area contributed by atoms with Crippen LogP contribution in [0.25, 0.3) is 0 Å². The molecule has 0 atom stereocenters. The fourth-order valence-electron chi connectivity index (χ4n) is 2.28. The van der Waals surface area contributed by atoms with Gasteiger partial charge in [-0.05, 0) is 30.7 Å². The van der Waals surface area contributed by atoms with Crippen molar-refractivity contribution in [2.75, 3.05) is 26.7 Å². The van der Waals surface area contributed by atoms with Gasteiger partial charge in [0.15, 0.2) is 0 Å². The van der Waals surface area contributed by atoms with E-state index in [2.05, 4.69) is 5.32 Å². The summed E-state index contributed by atoms with van der Waals surface area (Å²) in [4.78, 5) is 35.8. The van der Waals surface area contributed by atoms with Crippen LogP contribution in [0.1, 0.15) is 15.9 Å². The Morgan fingerprint density at radius 3 is 2.63 bits per heavy atom. The number of benzene rings is 2. The number of carbonyl (C=O) groups excluding carboxylic acids is 2. The Bertz CT molecular complexity index is 838. The molecule has 2 aromatic carbocycles. The Labute approximate surface area is 156 Å². The van der Waals surface area contributed by atoms with Crippen molar-refractivity contribution < 1.29 is 19.2 Å². The van der Waals surface area contributed by atoms with Gasteiger partial charge >= 0.3 is 0 Å². The zero-order valence-electron chi connectivity index (χ0n) is 15.2. The summed E-state index contributed by atoms with van der Waals surface area (Å²) in [5, 5.41) is 13.2. The van der Waals surface area contributed by atoms with Gasteiger partial charge in [0.1, 0.15) is 12.4 Å². The number of carbonyl (C=O) groups is 2. The van der Waals surface area contributed by atoms with Gasteiger partial charge in [-0.2, -0.15) is 0 Å². The second kappa shape index (κ2) is 9.33. The topological polar surface area (TPSA) is 102 Å². The number of ether oxygens (including phenoxy) is 1. The monoisotopic (exact) mass is 371 g/mol. The van der Waals surface area contributed by atoms with Crippen molar-refractivity contribution in [3.63, 3.8) is 0 Å². The van der Waals surface area contributed by atoms with Gasteiger partial charge < -0.3 is 15.0 Å². The summed E-state index contributed by atoms with van der Waals surface area (Å²) in [7, 11) is 1.61. The van der Waals surface area contributed by atoms with Gasteiger partial charge in [0.2, 0.25) is 5.91 Å². The van der Waals surface area contributed by atoms with Gasteiger partial charge in [-0.15, -0.1) is 0 Å². The van der Waals surface area contributed by atoms with E-state index in [0.29, 0.717) is 13.2 Å². The number of hydrogen-bond acceptors (Lipinski definition) is 5. The molecule has 0 spiro atoms. The van der Waals surface area contributed by atoms with Crippen LogP contribution in [0.15, 0.2) is 48.5 Å². The van der Waals surface area contributed by atoms with Crippen molar-refractivity contribution >= 4 is 17.5 Å². The largest absolute Gasteiger partial charge is 0.492 e. The van der Waals surface area contributed by atoms with Crippen LogP contribution in [0.2, 0.25) is 0 Å². The Kier molecular flexibility index (Phi) is 6.87. The molecule has 2 aromatic rings. The Hall–Kier alpha value is -3.42. The van der Waals surface area contributed by atoms with Gasteiger partial charge in [-0.25, -0.2) is 0 Å². The molecule has 0 unspecified atom stereocenters. The number of aryl methyl sites for hydroxylation is 1. The normalized spacial score (nSPS) is 10.1. The summed E-state index contributed by atoms with van der Waals surface area (Å²) in [6.45, 7) is 2.44. The number of non-ortho nitro benzene ring substituents is 1. The number of nitrogens with zero attached hydrogens (tertiary/aromatic N) is 2. The average Bonchev–Trinajstić information content (AvgIpc) is 2.65. The van der Waals surface area contributed by atoms with E-state index in [0.717, 1.165) is 11.3 Å². The van der Waals surface area contributed by atoms with Gasteiger partial charge in [0.05, 0.1) is 18.0 Å². The predicted octanol–water partition coefficient (Wildman–Crippen LogP) is 2.17. The molecule has 1 N–H and O–H groups in total. The van der Waals surface area contributed by atoms with Crippen molar-refractivity contribution in [1.29, 1.82) is 0 Å². The maximum Gasteiger partial charge on any atom is 0.270 e. The maximum atomic E-state index is 12.1. The summed E-state index contributed by atoms with van der Waals surface area (Å²) in [5.41, 5.74) is 1.03. The van der Waals surface area contributed by atoms with E-state index in [1.165, 1.54) is 29.2 Å². The quantitative estimate of drug-likeness (QED) is 0.566. The number of nitro groups is 1. The van der Waals surface area contributed by atoms with E-state index < -0.39 is 10.8 Å². The van der Waals surface area contributed by atoms with E-state index in [9.17, 15) is 19.7 Å². The maximum absolute atomic E-state index is 12.1. The van der Waals surface area contributed by atoms with Crippen LogP contribution < -0.4 is 10.1 Å². The number of amides is 2. The van der Waals surface area contributed by atoms with E-state index in [1.807, 2.05) is 31.2 Å². The van der Waals surface area contributed by atoms with E-state index in [4.69, 9.17) is 4.74 Å². The number of hydrogen-bond donors (Lipinski definition) is 1. The molecule has 8 heteroatoms. The standard InChI is InChI=1S/C19H21N3O5/c1-14-5-3-8-17(11-14)27-10-9-21(2)18(23)13-20-19(24)15-6-4-7-16(12-15)22(25)26/h3-8,11-12H,9-10,13H2,1-2H3,(H,20,24). The number of nitrogens with one attached hydrogen (secondary N) is 1. The molecular weight excluding hydrogens is 350 g/mol. The Morgan fingerprint density at radius 2 is 1.93 bits per heavy atom. The minimum Gasteiger partial charge on any atom is -0.492 e. The smallest absolute Gasteiger partial charge is 0.270 e. The number of rotatable bonds is 8. The number of likely N-dealkylation sites (N-methyl/N-ethyl adjacent to an activating group) is 1. The molecule has 0 aliphatic heterocycles. The molecule has 0 bridgehead atoms. The molecule has 8 nitrogen and oxygen atoms in total. The highest BCUT2D eigenvalue weighted by Gasteiger charge is 2.14. The molecule has 0 aliphatic rings. The van der Waals surface area contributed by atoms with Crippen LogP contribution in [0.3, 0.4) is 0 Å². The molecule has 27 heavy (non-hydrogen) atoms. The summed E-state index contributed by atoms with van der Waals surface area (Å²) >= 11 is 0. The Balaban J connectivity index is 1.78. The lowest BCUT2D eigenvalue weighted by atomic mass is 10.2. The lowest BCUT2D eigenvalue weighted by Gasteiger charge is -2.18. The number of nitro benzene ring substituents is 1. The second-order valence-electron chi connectivity index (χ2n) is 5.97. The second-order valence-corrected chi connectivity index (χ2v) is 5.97. The highest BCUT2D eigenvalue weighted by Crippen LogP contribution is 2.13. The van der Waals surface area contributed by atoms with Gasteiger partial charge in [-0.3, -0.25) is 19.7 Å². The first-order valence-electron chi connectivity index (χ1n) is 8.33. The van der Waals surface area contributed by atoms with Gasteiger partial charge in [0, 0.05) is 24.7 Å². The third-order valence-electron chi connectivity index (χ3n) is 3.83. The van der Waals surface area contributed by atoms with E-state index >= 15 is 0 Å². The molecule has 0 aromatic heterocycles. The van der Waals surface area contributed by atoms with E-state index in [1.54, 1.807) is 7.05 Å². The lowest BCUT2D eigenvalue weighted by Crippen LogP contribution is -2.39. The minimum atomic E-state index is -0.579. The third kappa shape index (κ3) is 6.10. The van der Waals surface area contributed by atoms with Gasteiger partial charge in [-0.1, -0.05) is 18.2 Å². The Morgan fingerprint density at radius 1 is 1.19 bits per heavy atom. The first-order valence-corrected chi connectivity index (χ1v) is 8.33. The zero-order chi connectivity index (χ0) is 19.8. The molecule has 0 aliphatic carbocycles. The minimum absolute atomic E-state index is 0.127. The van der Waals surface area contributed by atoms with Crippen LogP contribution in [0.4, 0.5) is 5.69 Å². The van der Waals surface area contributed by atoms with Crippen molar-refractivity contribution in [3.05, 3.63) is 69.8 Å². The molecule has 0 fully saturated rings. The van der Waals surface area contributed by atoms with Crippen LogP contribution >= 0.6 is 0 Å². The van der Waals surface area contributed by atoms with Crippen molar-refractivity contribution in [2.45, 2.75) is 6.92 Å². The zero-order valence-corrected chi connectivity index (χ0v) is 15.2. The highest BCUT2D eigenvalue weighted by molar-refractivity contribution is 5.96. The average molecular weight is 371 g/mol. The molecule has 0 saturated heterocycles. The predicted molar refractivity (Wildman–Crippen MR) is 99.7 cm³/mol. The molecule has 2 amide bonds. The van der Waals surface area contributed by atoms with Crippen molar-refractivity contribution in [1.82, 2.24) is 10.2 Å². The summed E-state index contributed by atoms with van der Waals surface area (Å²) < 4.78 is 5.59. The molecule has 142 valence electrons. The SMILES string of the molecule is Cc1cccc(OCCN(C)C(=O)CNC(=O)c2cccc([N+](=O)[O-])c2)c1. The van der Waals surface area contributed by atoms with Crippen LogP contribution in [0.5, 0.6) is 5.75 Å². The summed E-state index contributed by atoms with van der Waals surface area (Å²) in [6, 6.07) is 12.9. The van der Waals surface area contributed by atoms with Crippen LogP contribution in [-0.4, -0.2) is 48.4 Å². The lowest BCUT2D eigenvalue weighted by molar-refractivity contribution is -0.384. The van der Waals surface area contributed by atoms with E-state index in [-0.39, 0.29) is 23.7 Å². The van der Waals surface area contributed by atoms with Gasteiger partial charge in [0.25, 0.3) is 11.6 Å². The first kappa shape index (κ1) is 19.9. The van der Waals surface area contributed by atoms with Crippen molar-refractivity contribution in [3.8, 4) is 5.75 Å². The third-order valence-corrected chi connectivity index (χ3v) is 3.83. The van der Waals surface area contributed by atoms with Crippen molar-refractivity contribution in [2.24, 2.45) is 0 Å².